The molecule has 3 aliphatic rings. The van der Waals surface area contributed by atoms with E-state index in [0.717, 1.165) is 0 Å². The molecule has 2 bridgehead atoms. The van der Waals surface area contributed by atoms with Crippen LogP contribution in [-0.2, 0) is 14.3 Å². The summed E-state index contributed by atoms with van der Waals surface area (Å²) >= 11 is 0. The Balaban J connectivity index is 1.57. The van der Waals surface area contributed by atoms with Gasteiger partial charge in [0.25, 0.3) is 0 Å². The van der Waals surface area contributed by atoms with Crippen molar-refractivity contribution in [3.63, 3.8) is 0 Å². The number of ketones is 1. The van der Waals surface area contributed by atoms with Crippen LogP contribution in [0.5, 0.6) is 11.6 Å². The van der Waals surface area contributed by atoms with E-state index in [-0.39, 0.29) is 36.2 Å². The average molecular weight is 617 g/mol. The van der Waals surface area contributed by atoms with Crippen LogP contribution in [0.4, 0.5) is 13.6 Å². The second-order valence-corrected chi connectivity index (χ2v) is 13.7. The first-order valence-corrected chi connectivity index (χ1v) is 15.2. The van der Waals surface area contributed by atoms with Crippen LogP contribution in [0.3, 0.4) is 0 Å². The lowest BCUT2D eigenvalue weighted by molar-refractivity contribution is -0.141. The van der Waals surface area contributed by atoms with E-state index in [2.05, 4.69) is 15.3 Å². The third kappa shape index (κ3) is 6.17. The van der Waals surface area contributed by atoms with Gasteiger partial charge in [-0.3, -0.25) is 9.59 Å². The van der Waals surface area contributed by atoms with Gasteiger partial charge < -0.3 is 24.4 Å². The van der Waals surface area contributed by atoms with Crippen LogP contribution < -0.4 is 14.8 Å². The quantitative estimate of drug-likeness (QED) is 0.485. The minimum Gasteiger partial charge on any atom is -0.497 e. The first-order chi connectivity index (χ1) is 20.6. The Morgan fingerprint density at radius 3 is 2.55 bits per heavy atom. The molecule has 44 heavy (non-hydrogen) atoms. The van der Waals surface area contributed by atoms with Gasteiger partial charge in [0, 0.05) is 17.9 Å². The highest BCUT2D eigenvalue weighted by atomic mass is 19.2. The van der Waals surface area contributed by atoms with Crippen molar-refractivity contribution in [3.05, 3.63) is 23.9 Å². The fourth-order valence-corrected chi connectivity index (χ4v) is 6.50. The highest BCUT2D eigenvalue weighted by Gasteiger charge is 2.54. The van der Waals surface area contributed by atoms with Crippen LogP contribution >= 0.6 is 0 Å². The number of aromatic nitrogens is 2. The van der Waals surface area contributed by atoms with Gasteiger partial charge in [-0.05, 0) is 50.7 Å². The molecule has 1 aliphatic carbocycles. The first kappa shape index (κ1) is 31.8. The predicted molar refractivity (Wildman–Crippen MR) is 158 cm³/mol. The van der Waals surface area contributed by atoms with Crippen LogP contribution in [-0.4, -0.2) is 76.3 Å². The summed E-state index contributed by atoms with van der Waals surface area (Å²) in [5.41, 5.74) is -1.05. The van der Waals surface area contributed by atoms with Crippen molar-refractivity contribution in [2.24, 2.45) is 17.3 Å². The molecule has 2 fully saturated rings. The van der Waals surface area contributed by atoms with Crippen molar-refractivity contribution in [3.8, 4) is 11.6 Å². The number of ether oxygens (including phenoxy) is 3. The Labute approximate surface area is 256 Å². The normalized spacial score (nSPS) is 33.2. The summed E-state index contributed by atoms with van der Waals surface area (Å²) in [6.07, 6.45) is -4.11. The third-order valence-electron chi connectivity index (χ3n) is 9.29. The number of carbonyl (C=O) groups excluding carboxylic acids is 3. The Morgan fingerprint density at radius 1 is 1.16 bits per heavy atom. The zero-order valence-electron chi connectivity index (χ0n) is 26.4. The molecule has 5 rings (SSSR count). The monoisotopic (exact) mass is 616 g/mol. The predicted octanol–water partition coefficient (Wildman–Crippen LogP) is 5.27. The number of Topliss-reactive ketones (excluding diaryl/α,β-unsaturated/α-hetero) is 1. The lowest BCUT2D eigenvalue weighted by Gasteiger charge is -2.35. The van der Waals surface area contributed by atoms with Gasteiger partial charge in [-0.1, -0.05) is 34.1 Å². The molecule has 0 radical (unpaired) electrons. The molecule has 8 atom stereocenters. The molecule has 1 saturated heterocycles. The zero-order valence-corrected chi connectivity index (χ0v) is 26.4. The van der Waals surface area contributed by atoms with Crippen LogP contribution in [0.2, 0.25) is 0 Å². The maximum absolute atomic E-state index is 15.9. The van der Waals surface area contributed by atoms with Crippen molar-refractivity contribution < 1.29 is 37.4 Å². The van der Waals surface area contributed by atoms with Crippen molar-refractivity contribution in [2.45, 2.75) is 103 Å². The molecule has 1 N–H and O–H groups in total. The van der Waals surface area contributed by atoms with Crippen LogP contribution in [0, 0.1) is 17.3 Å². The second-order valence-electron chi connectivity index (χ2n) is 13.7. The zero-order chi connectivity index (χ0) is 32.1. The van der Waals surface area contributed by atoms with Crippen LogP contribution in [0.25, 0.3) is 11.0 Å². The summed E-state index contributed by atoms with van der Waals surface area (Å²) in [5, 5.41) is 2.76. The highest BCUT2D eigenvalue weighted by molar-refractivity contribution is 5.92. The van der Waals surface area contributed by atoms with Crippen molar-refractivity contribution in [1.29, 1.82) is 0 Å². The Bertz CT molecular complexity index is 1450. The molecule has 10 nitrogen and oxygen atoms in total. The van der Waals surface area contributed by atoms with E-state index >= 15 is 8.78 Å². The van der Waals surface area contributed by atoms with E-state index in [1.807, 2.05) is 20.8 Å². The van der Waals surface area contributed by atoms with E-state index < -0.39 is 59.5 Å². The SMILES string of the molecule is COc1ccc2nc3c(nc2c1)O[C@H]1CN(C(=O)[C@H](C(C)(C)C)NC(=O)O[C@]2(C)C[C@H]2CCCC(F)C3F)[C@H](C(C)=O)C1C. The van der Waals surface area contributed by atoms with Gasteiger partial charge >= 0.3 is 6.09 Å². The summed E-state index contributed by atoms with van der Waals surface area (Å²) in [5.74, 6) is -0.980. The maximum atomic E-state index is 15.9. The molecule has 2 aromatic rings. The van der Waals surface area contributed by atoms with E-state index in [4.69, 9.17) is 14.2 Å². The van der Waals surface area contributed by atoms with Crippen molar-refractivity contribution in [2.75, 3.05) is 13.7 Å². The summed E-state index contributed by atoms with van der Waals surface area (Å²) in [7, 11) is 1.50. The van der Waals surface area contributed by atoms with E-state index in [1.54, 1.807) is 32.0 Å². The molecule has 1 aromatic carbocycles. The van der Waals surface area contributed by atoms with Gasteiger partial charge in [0.15, 0.2) is 12.0 Å². The number of methoxy groups -OCH3 is 1. The molecule has 1 aromatic heterocycles. The number of hydrogen-bond acceptors (Lipinski definition) is 8. The Kier molecular flexibility index (Phi) is 8.50. The fourth-order valence-electron chi connectivity index (χ4n) is 6.50. The van der Waals surface area contributed by atoms with Gasteiger partial charge in [0.2, 0.25) is 11.8 Å². The van der Waals surface area contributed by atoms with Gasteiger partial charge in [0.1, 0.15) is 35.4 Å². The molecule has 1 saturated carbocycles. The largest absolute Gasteiger partial charge is 0.497 e. The number of nitrogens with zero attached hydrogens (tertiary/aromatic N) is 3. The molecule has 2 aliphatic heterocycles. The van der Waals surface area contributed by atoms with Crippen LogP contribution in [0.1, 0.15) is 79.1 Å². The number of carbonyl (C=O) groups is 3. The standard InChI is InChI=1S/C32H42F2N4O6/c1-16-23-15-38(26(16)17(2)39)29(40)27(31(3,4)5)37-30(41)44-32(6)14-18(32)9-8-10-20(33)24(34)25-28(43-23)36-22-13-19(42-7)11-12-21(22)35-25/h11-13,16,18,20,23-24,26-27H,8-10,14-15H2,1-7H3,(H,37,41)/t16?,18-,20?,23+,24?,26+,27-,32-/m1/s1. The highest BCUT2D eigenvalue weighted by Crippen LogP contribution is 2.50. The third-order valence-corrected chi connectivity index (χ3v) is 9.29. The molecule has 240 valence electrons. The molecule has 2 amide bonds. The van der Waals surface area contributed by atoms with Crippen molar-refractivity contribution in [1.82, 2.24) is 20.2 Å². The Hall–Kier alpha value is -3.57. The molecule has 3 heterocycles. The number of benzene rings is 1. The molecule has 3 unspecified atom stereocenters. The van der Waals surface area contributed by atoms with E-state index in [0.29, 0.717) is 36.0 Å². The number of hydrogen-bond donors (Lipinski definition) is 1. The lowest BCUT2D eigenvalue weighted by Crippen LogP contribution is -2.57. The second kappa shape index (κ2) is 11.7. The smallest absolute Gasteiger partial charge is 0.408 e. The maximum Gasteiger partial charge on any atom is 0.408 e. The van der Waals surface area contributed by atoms with E-state index in [1.165, 1.54) is 18.9 Å². The minimum atomic E-state index is -2.13. The lowest BCUT2D eigenvalue weighted by atomic mass is 9.85. The number of fused-ring (bicyclic) bond motifs is 5. The summed E-state index contributed by atoms with van der Waals surface area (Å²) in [6, 6.07) is 3.01. The number of amides is 2. The summed E-state index contributed by atoms with van der Waals surface area (Å²) in [6.45, 7) is 10.4. The number of rotatable bonds is 2. The summed E-state index contributed by atoms with van der Waals surface area (Å²) < 4.78 is 48.7. The number of nitrogens with one attached hydrogen (secondary N) is 1. The van der Waals surface area contributed by atoms with Gasteiger partial charge in [0.05, 0.1) is 30.7 Å². The van der Waals surface area contributed by atoms with Crippen molar-refractivity contribution >= 4 is 28.8 Å². The summed E-state index contributed by atoms with van der Waals surface area (Å²) in [4.78, 5) is 50.5. The first-order valence-electron chi connectivity index (χ1n) is 15.2. The van der Waals surface area contributed by atoms with E-state index in [9.17, 15) is 14.4 Å². The molecule has 0 spiro atoms. The van der Waals surface area contributed by atoms with Gasteiger partial charge in [-0.2, -0.15) is 0 Å². The Morgan fingerprint density at radius 2 is 1.89 bits per heavy atom. The molecular weight excluding hydrogens is 574 g/mol. The van der Waals surface area contributed by atoms with Crippen LogP contribution in [0.15, 0.2) is 18.2 Å². The molecular formula is C32H42F2N4O6. The topological polar surface area (TPSA) is 120 Å². The number of alkyl halides is 2. The average Bonchev–Trinajstić information content (AvgIpc) is 3.46. The minimum absolute atomic E-state index is 0.0159. The fraction of sp³-hybridized carbons (Fsp3) is 0.656. The van der Waals surface area contributed by atoms with Gasteiger partial charge in [-0.15, -0.1) is 0 Å². The molecule has 12 heteroatoms. The number of alkyl carbamates (subject to hydrolysis) is 1. The van der Waals surface area contributed by atoms with Gasteiger partial charge in [-0.25, -0.2) is 23.5 Å². The number of halogens is 2.